The minimum Gasteiger partial charge on any atom is -0.224 e. The van der Waals surface area contributed by atoms with Crippen LogP contribution in [-0.4, -0.2) is 27.0 Å². The summed E-state index contributed by atoms with van der Waals surface area (Å²) in [5.74, 6) is -0.710. The molecule has 0 heterocycles. The van der Waals surface area contributed by atoms with Gasteiger partial charge in [-0.15, -0.1) is 0 Å². The van der Waals surface area contributed by atoms with Crippen molar-refractivity contribution in [1.82, 2.24) is 0 Å². The average Bonchev–Trinajstić information content (AvgIpc) is 3.04. The Morgan fingerprint density at radius 2 is 1.07 bits per heavy atom. The molecule has 0 fully saturated rings. The Labute approximate surface area is 167 Å². The Balaban J connectivity index is 2.26. The maximum absolute atomic E-state index is 13.6. The lowest BCUT2D eigenvalue weighted by atomic mass is 9.87. The fourth-order valence-electron chi connectivity index (χ4n) is 3.13. The topological polar surface area (TPSA) is 34.1 Å². The highest BCUT2D eigenvalue weighted by molar-refractivity contribution is 7.90. The smallest absolute Gasteiger partial charge is 0.224 e. The lowest BCUT2D eigenvalue weighted by Gasteiger charge is -2.30. The molecule has 0 aliphatic heterocycles. The van der Waals surface area contributed by atoms with Crippen molar-refractivity contribution in [3.05, 3.63) is 77.6 Å². The summed E-state index contributed by atoms with van der Waals surface area (Å²) in [4.78, 5) is -0.143. The molecular formula is C20H13F7O2S. The fourth-order valence-corrected chi connectivity index (χ4v) is 3.76. The van der Waals surface area contributed by atoms with E-state index >= 15 is 0 Å². The van der Waals surface area contributed by atoms with Gasteiger partial charge in [-0.25, -0.2) is 12.8 Å². The maximum Gasteiger partial charge on any atom is 0.410 e. The normalized spacial score (nSPS) is 16.9. The summed E-state index contributed by atoms with van der Waals surface area (Å²) in [6.45, 7) is 0. The molecule has 0 amide bonds. The van der Waals surface area contributed by atoms with E-state index in [9.17, 15) is 39.2 Å². The van der Waals surface area contributed by atoms with E-state index < -0.39 is 44.6 Å². The van der Waals surface area contributed by atoms with Crippen LogP contribution in [0.5, 0.6) is 0 Å². The van der Waals surface area contributed by atoms with Crippen molar-refractivity contribution in [3.63, 3.8) is 0 Å². The molecule has 2 nitrogen and oxygen atoms in total. The SMILES string of the molecule is CS(=O)(=O)c1ccc(C2=CC(C(F)(F)F)(C(F)(F)F)C=C2c2ccc(F)cc2)cc1. The van der Waals surface area contributed by atoms with E-state index in [4.69, 9.17) is 0 Å². The predicted octanol–water partition coefficient (Wildman–Crippen LogP) is 5.82. The monoisotopic (exact) mass is 450 g/mol. The molecule has 0 bridgehead atoms. The van der Waals surface area contributed by atoms with Gasteiger partial charge in [0.1, 0.15) is 5.82 Å². The van der Waals surface area contributed by atoms with Gasteiger partial charge in [0.15, 0.2) is 15.3 Å². The van der Waals surface area contributed by atoms with Gasteiger partial charge in [-0.05, 0) is 58.7 Å². The number of alkyl halides is 6. The Bertz CT molecular complexity index is 1110. The molecule has 1 aliphatic rings. The zero-order valence-corrected chi connectivity index (χ0v) is 16.0. The first-order chi connectivity index (χ1) is 13.7. The van der Waals surface area contributed by atoms with E-state index in [2.05, 4.69) is 0 Å². The van der Waals surface area contributed by atoms with E-state index in [0.717, 1.165) is 54.8 Å². The summed E-state index contributed by atoms with van der Waals surface area (Å²) >= 11 is 0. The maximum atomic E-state index is 13.6. The van der Waals surface area contributed by atoms with Gasteiger partial charge >= 0.3 is 12.4 Å². The Hall–Kier alpha value is -2.62. The van der Waals surface area contributed by atoms with Crippen molar-refractivity contribution in [3.8, 4) is 0 Å². The molecule has 160 valence electrons. The number of rotatable bonds is 3. The molecule has 2 aromatic rings. The van der Waals surface area contributed by atoms with E-state index in [1.54, 1.807) is 0 Å². The quantitative estimate of drug-likeness (QED) is 0.553. The van der Waals surface area contributed by atoms with Crippen LogP contribution in [0.3, 0.4) is 0 Å². The summed E-state index contributed by atoms with van der Waals surface area (Å²) in [7, 11) is -3.62. The second kappa shape index (κ2) is 6.97. The minimum atomic E-state index is -5.69. The molecule has 0 aromatic heterocycles. The number of allylic oxidation sites excluding steroid dienone is 4. The first-order valence-corrected chi connectivity index (χ1v) is 10.2. The molecule has 0 spiro atoms. The second-order valence-electron chi connectivity index (χ2n) is 6.78. The van der Waals surface area contributed by atoms with Crippen molar-refractivity contribution in [2.75, 3.05) is 6.26 Å². The largest absolute Gasteiger partial charge is 0.410 e. The Kier molecular flexibility index (Phi) is 5.13. The van der Waals surface area contributed by atoms with Gasteiger partial charge in [0, 0.05) is 6.26 Å². The summed E-state index contributed by atoms with van der Waals surface area (Å²) in [5.41, 5.74) is -5.12. The number of sulfone groups is 1. The van der Waals surface area contributed by atoms with Gasteiger partial charge in [-0.1, -0.05) is 24.3 Å². The van der Waals surface area contributed by atoms with Crippen molar-refractivity contribution in [2.24, 2.45) is 5.41 Å². The highest BCUT2D eigenvalue weighted by atomic mass is 32.2. The third-order valence-corrected chi connectivity index (χ3v) is 5.85. The minimum absolute atomic E-state index is 0.0478. The lowest BCUT2D eigenvalue weighted by Crippen LogP contribution is -2.46. The van der Waals surface area contributed by atoms with Crippen LogP contribution in [0.1, 0.15) is 11.1 Å². The first kappa shape index (κ1) is 22.1. The third kappa shape index (κ3) is 3.76. The molecule has 0 saturated heterocycles. The van der Waals surface area contributed by atoms with Crippen molar-refractivity contribution in [1.29, 1.82) is 0 Å². The fraction of sp³-hybridized carbons (Fsp3) is 0.200. The molecule has 0 radical (unpaired) electrons. The van der Waals surface area contributed by atoms with Gasteiger partial charge in [0.25, 0.3) is 0 Å². The molecule has 3 rings (SSSR count). The van der Waals surface area contributed by atoms with Gasteiger partial charge in [-0.3, -0.25) is 0 Å². The number of benzene rings is 2. The van der Waals surface area contributed by atoms with Crippen LogP contribution in [0, 0.1) is 11.2 Å². The zero-order valence-electron chi connectivity index (χ0n) is 15.1. The van der Waals surface area contributed by atoms with Gasteiger partial charge < -0.3 is 0 Å². The van der Waals surface area contributed by atoms with Crippen LogP contribution in [0.15, 0.2) is 65.6 Å². The van der Waals surface area contributed by atoms with Gasteiger partial charge in [-0.2, -0.15) is 26.3 Å². The molecule has 0 unspecified atom stereocenters. The van der Waals surface area contributed by atoms with Crippen molar-refractivity contribution >= 4 is 21.0 Å². The standard InChI is InChI=1S/C20H13F7O2S/c1-30(28,29)15-8-4-13(5-9-15)17-11-18(19(22,23)24,20(25,26)27)10-16(17)12-2-6-14(21)7-3-12/h2-11H,1H3. The average molecular weight is 450 g/mol. The van der Waals surface area contributed by atoms with E-state index in [-0.39, 0.29) is 28.2 Å². The Morgan fingerprint density at radius 1 is 0.700 bits per heavy atom. The van der Waals surface area contributed by atoms with Gasteiger partial charge in [0.05, 0.1) is 4.90 Å². The summed E-state index contributed by atoms with van der Waals surface area (Å²) in [6, 6.07) is 8.42. The van der Waals surface area contributed by atoms with Crippen LogP contribution >= 0.6 is 0 Å². The highest BCUT2D eigenvalue weighted by Gasteiger charge is 2.70. The highest BCUT2D eigenvalue weighted by Crippen LogP contribution is 2.59. The summed E-state index contributed by atoms with van der Waals surface area (Å²) in [5, 5.41) is 0. The van der Waals surface area contributed by atoms with Gasteiger partial charge in [0.2, 0.25) is 0 Å². The van der Waals surface area contributed by atoms with Crippen molar-refractivity contribution in [2.45, 2.75) is 17.2 Å². The molecule has 30 heavy (non-hydrogen) atoms. The van der Waals surface area contributed by atoms with E-state index in [1.807, 2.05) is 0 Å². The first-order valence-electron chi connectivity index (χ1n) is 8.32. The second-order valence-corrected chi connectivity index (χ2v) is 8.80. The molecular weight excluding hydrogens is 437 g/mol. The number of hydrogen-bond donors (Lipinski definition) is 0. The Morgan fingerprint density at radius 3 is 1.40 bits per heavy atom. The summed E-state index contributed by atoms with van der Waals surface area (Å²) in [6.07, 6.45) is -10.3. The van der Waals surface area contributed by atoms with Crippen LogP contribution in [0.25, 0.3) is 11.1 Å². The molecule has 2 aromatic carbocycles. The van der Waals surface area contributed by atoms with Crippen LogP contribution < -0.4 is 0 Å². The number of hydrogen-bond acceptors (Lipinski definition) is 2. The van der Waals surface area contributed by atoms with Crippen molar-refractivity contribution < 1.29 is 39.2 Å². The molecule has 0 atom stereocenters. The van der Waals surface area contributed by atoms with E-state index in [1.165, 1.54) is 0 Å². The third-order valence-electron chi connectivity index (χ3n) is 4.72. The lowest BCUT2D eigenvalue weighted by molar-refractivity contribution is -0.301. The predicted molar refractivity (Wildman–Crippen MR) is 96.4 cm³/mol. The van der Waals surface area contributed by atoms with Crippen LogP contribution in [0.2, 0.25) is 0 Å². The molecule has 10 heteroatoms. The summed E-state index contributed by atoms with van der Waals surface area (Å²) < 4.78 is 118. The zero-order chi connectivity index (χ0) is 22.5. The van der Waals surface area contributed by atoms with Crippen LogP contribution in [-0.2, 0) is 9.84 Å². The van der Waals surface area contributed by atoms with Crippen LogP contribution in [0.4, 0.5) is 30.7 Å². The van der Waals surface area contributed by atoms with E-state index in [0.29, 0.717) is 0 Å². The molecule has 0 saturated carbocycles. The number of halogens is 7. The molecule has 1 aliphatic carbocycles. The molecule has 0 N–H and O–H groups in total.